The van der Waals surface area contributed by atoms with E-state index >= 15 is 0 Å². The zero-order chi connectivity index (χ0) is 8.27. The molecular weight excluding hydrogens is 206 g/mol. The molecule has 1 rings (SSSR count). The van der Waals surface area contributed by atoms with Gasteiger partial charge in [0, 0.05) is 6.04 Å². The Morgan fingerprint density at radius 2 is 2.27 bits per heavy atom. The minimum atomic E-state index is 0.422. The number of hydrogen-bond donors (Lipinski definition) is 1. The third kappa shape index (κ3) is 2.84. The second-order valence-electron chi connectivity index (χ2n) is 2.57. The Balaban J connectivity index is 2.71. The number of nitrogens with zero attached hydrogens (tertiary/aromatic N) is 2. The van der Waals surface area contributed by atoms with E-state index in [9.17, 15) is 0 Å². The first kappa shape index (κ1) is 8.46. The van der Waals surface area contributed by atoms with Crippen LogP contribution in [0.25, 0.3) is 0 Å². The van der Waals surface area contributed by atoms with Gasteiger partial charge in [-0.15, -0.1) is 5.10 Å². The molecule has 1 heterocycles. The second kappa shape index (κ2) is 3.67. The summed E-state index contributed by atoms with van der Waals surface area (Å²) in [4.78, 5) is 0. The average Bonchev–Trinajstić information content (AvgIpc) is 1.85. The third-order valence-corrected chi connectivity index (χ3v) is 1.47. The van der Waals surface area contributed by atoms with Gasteiger partial charge < -0.3 is 5.32 Å². The van der Waals surface area contributed by atoms with Gasteiger partial charge in [0.15, 0.2) is 0 Å². The molecule has 0 saturated carbocycles. The summed E-state index contributed by atoms with van der Waals surface area (Å²) < 4.78 is 0.753. The van der Waals surface area contributed by atoms with E-state index < -0.39 is 0 Å². The van der Waals surface area contributed by atoms with Crippen LogP contribution in [0.1, 0.15) is 13.8 Å². The van der Waals surface area contributed by atoms with Crippen LogP contribution < -0.4 is 5.32 Å². The molecule has 0 spiro atoms. The zero-order valence-electron chi connectivity index (χ0n) is 6.50. The molecule has 0 radical (unpaired) electrons. The Morgan fingerprint density at radius 1 is 1.55 bits per heavy atom. The molecule has 0 bridgehead atoms. The lowest BCUT2D eigenvalue weighted by Crippen LogP contribution is -2.09. The van der Waals surface area contributed by atoms with Crippen LogP contribution in [0.3, 0.4) is 0 Å². The van der Waals surface area contributed by atoms with Crippen molar-refractivity contribution in [1.29, 1.82) is 0 Å². The largest absolute Gasteiger partial charge is 0.381 e. The maximum absolute atomic E-state index is 3.78. The van der Waals surface area contributed by atoms with Gasteiger partial charge in [-0.25, -0.2) is 0 Å². The summed E-state index contributed by atoms with van der Waals surface area (Å²) in [6, 6.07) is 2.32. The summed E-state index contributed by atoms with van der Waals surface area (Å²) in [5.74, 6) is 0. The highest BCUT2D eigenvalue weighted by Gasteiger charge is 1.96. The first-order valence-corrected chi connectivity index (χ1v) is 4.22. The molecule has 0 unspecified atom stereocenters. The summed E-state index contributed by atoms with van der Waals surface area (Å²) in [5, 5.41) is 10.8. The Hall–Kier alpha value is -0.640. The number of halogens is 1. The van der Waals surface area contributed by atoms with Crippen molar-refractivity contribution < 1.29 is 0 Å². The van der Waals surface area contributed by atoms with Crippen LogP contribution in [0.4, 0.5) is 5.69 Å². The molecule has 0 aliphatic carbocycles. The van der Waals surface area contributed by atoms with Crippen molar-refractivity contribution in [3.05, 3.63) is 16.9 Å². The van der Waals surface area contributed by atoms with Crippen LogP contribution in [-0.4, -0.2) is 16.2 Å². The molecule has 1 aromatic heterocycles. The molecule has 0 atom stereocenters. The van der Waals surface area contributed by atoms with Gasteiger partial charge in [0.1, 0.15) is 4.60 Å². The fourth-order valence-corrected chi connectivity index (χ4v) is 1.09. The molecule has 0 saturated heterocycles. The van der Waals surface area contributed by atoms with Crippen LogP contribution >= 0.6 is 15.9 Å². The van der Waals surface area contributed by atoms with Crippen molar-refractivity contribution in [2.45, 2.75) is 19.9 Å². The number of anilines is 1. The van der Waals surface area contributed by atoms with Gasteiger partial charge in [-0.1, -0.05) is 0 Å². The summed E-state index contributed by atoms with van der Waals surface area (Å²) in [6.45, 7) is 4.16. The monoisotopic (exact) mass is 215 g/mol. The Kier molecular flexibility index (Phi) is 2.82. The highest BCUT2D eigenvalue weighted by Crippen LogP contribution is 2.11. The Bertz CT molecular complexity index is 237. The van der Waals surface area contributed by atoms with Gasteiger partial charge in [-0.05, 0) is 35.8 Å². The van der Waals surface area contributed by atoms with Crippen molar-refractivity contribution in [3.63, 3.8) is 0 Å². The van der Waals surface area contributed by atoms with Gasteiger partial charge in [0.25, 0.3) is 0 Å². The maximum atomic E-state index is 3.78. The van der Waals surface area contributed by atoms with Crippen molar-refractivity contribution in [2.75, 3.05) is 5.32 Å². The first-order valence-electron chi connectivity index (χ1n) is 3.43. The van der Waals surface area contributed by atoms with E-state index in [1.165, 1.54) is 0 Å². The van der Waals surface area contributed by atoms with Gasteiger partial charge in [-0.3, -0.25) is 0 Å². The minimum absolute atomic E-state index is 0.422. The predicted molar refractivity (Wildman–Crippen MR) is 48.5 cm³/mol. The molecule has 1 aromatic rings. The standard InChI is InChI=1S/C7H10BrN3/c1-5(2)10-6-3-7(8)11-9-4-6/h3-5H,1-2H3,(H,10,11). The van der Waals surface area contributed by atoms with Crippen molar-refractivity contribution in [1.82, 2.24) is 10.2 Å². The highest BCUT2D eigenvalue weighted by molar-refractivity contribution is 9.10. The quantitative estimate of drug-likeness (QED) is 0.822. The van der Waals surface area contributed by atoms with Crippen LogP contribution in [0, 0.1) is 0 Å². The average molecular weight is 216 g/mol. The minimum Gasteiger partial charge on any atom is -0.381 e. The lowest BCUT2D eigenvalue weighted by Gasteiger charge is -2.08. The smallest absolute Gasteiger partial charge is 0.130 e. The third-order valence-electron chi connectivity index (χ3n) is 1.08. The van der Waals surface area contributed by atoms with E-state index in [4.69, 9.17) is 0 Å². The molecule has 0 aliphatic heterocycles. The summed E-state index contributed by atoms with van der Waals surface area (Å²) in [6.07, 6.45) is 1.70. The lowest BCUT2D eigenvalue weighted by atomic mass is 10.3. The Morgan fingerprint density at radius 3 is 2.82 bits per heavy atom. The molecule has 3 nitrogen and oxygen atoms in total. The Labute approximate surface area is 74.4 Å². The molecule has 4 heteroatoms. The van der Waals surface area contributed by atoms with E-state index in [0.29, 0.717) is 6.04 Å². The number of nitrogens with one attached hydrogen (secondary N) is 1. The predicted octanol–water partition coefficient (Wildman–Crippen LogP) is 2.06. The molecule has 60 valence electrons. The normalized spacial score (nSPS) is 10.2. The van der Waals surface area contributed by atoms with Crippen LogP contribution in [0.15, 0.2) is 16.9 Å². The van der Waals surface area contributed by atoms with E-state index in [-0.39, 0.29) is 0 Å². The van der Waals surface area contributed by atoms with Gasteiger partial charge in [0.2, 0.25) is 0 Å². The molecule has 0 aromatic carbocycles. The fraction of sp³-hybridized carbons (Fsp3) is 0.429. The second-order valence-corrected chi connectivity index (χ2v) is 3.38. The summed E-state index contributed by atoms with van der Waals surface area (Å²) in [5.41, 5.74) is 0.988. The van der Waals surface area contributed by atoms with Crippen molar-refractivity contribution in [2.24, 2.45) is 0 Å². The van der Waals surface area contributed by atoms with Gasteiger partial charge in [0.05, 0.1) is 11.9 Å². The lowest BCUT2D eigenvalue weighted by molar-refractivity contribution is 0.889. The van der Waals surface area contributed by atoms with E-state index in [0.717, 1.165) is 10.3 Å². The van der Waals surface area contributed by atoms with E-state index in [2.05, 4.69) is 45.3 Å². The molecular formula is C7H10BrN3. The molecule has 0 aliphatic rings. The molecule has 0 fully saturated rings. The molecule has 1 N–H and O–H groups in total. The summed E-state index contributed by atoms with van der Waals surface area (Å²) >= 11 is 3.24. The first-order chi connectivity index (χ1) is 5.18. The zero-order valence-corrected chi connectivity index (χ0v) is 8.09. The topological polar surface area (TPSA) is 37.8 Å². The van der Waals surface area contributed by atoms with Crippen molar-refractivity contribution >= 4 is 21.6 Å². The van der Waals surface area contributed by atoms with Gasteiger partial charge in [-0.2, -0.15) is 5.10 Å². The summed E-state index contributed by atoms with van der Waals surface area (Å²) in [7, 11) is 0. The SMILES string of the molecule is CC(C)Nc1cnnc(Br)c1. The molecule has 0 amide bonds. The van der Waals surface area contributed by atoms with E-state index in [1.54, 1.807) is 6.20 Å². The number of rotatable bonds is 2. The number of hydrogen-bond acceptors (Lipinski definition) is 3. The molecule has 11 heavy (non-hydrogen) atoms. The fourth-order valence-electron chi connectivity index (χ4n) is 0.753. The number of aromatic nitrogens is 2. The van der Waals surface area contributed by atoms with Crippen LogP contribution in [-0.2, 0) is 0 Å². The van der Waals surface area contributed by atoms with E-state index in [1.807, 2.05) is 6.07 Å². The highest BCUT2D eigenvalue weighted by atomic mass is 79.9. The van der Waals surface area contributed by atoms with Gasteiger partial charge >= 0.3 is 0 Å². The maximum Gasteiger partial charge on any atom is 0.130 e. The van der Waals surface area contributed by atoms with Crippen LogP contribution in [0.2, 0.25) is 0 Å². The van der Waals surface area contributed by atoms with Crippen molar-refractivity contribution in [3.8, 4) is 0 Å². The van der Waals surface area contributed by atoms with Crippen LogP contribution in [0.5, 0.6) is 0 Å².